The van der Waals surface area contributed by atoms with Gasteiger partial charge in [0.1, 0.15) is 0 Å². The summed E-state index contributed by atoms with van der Waals surface area (Å²) in [6, 6.07) is 19.8. The van der Waals surface area contributed by atoms with Crippen molar-refractivity contribution in [1.29, 1.82) is 0 Å². The highest BCUT2D eigenvalue weighted by atomic mass is 16.2. The molecular formula is C21H25N3O2. The molecule has 0 bridgehead atoms. The summed E-state index contributed by atoms with van der Waals surface area (Å²) in [6.45, 7) is 5.49. The third-order valence-electron chi connectivity index (χ3n) is 4.75. The molecule has 2 aromatic rings. The summed E-state index contributed by atoms with van der Waals surface area (Å²) in [5.74, 6) is -0.968. The first-order valence-corrected chi connectivity index (χ1v) is 9.04. The van der Waals surface area contributed by atoms with Crippen LogP contribution in [0.4, 0.5) is 0 Å². The van der Waals surface area contributed by atoms with Crippen molar-refractivity contribution < 1.29 is 9.59 Å². The lowest BCUT2D eigenvalue weighted by atomic mass is 10.1. The van der Waals surface area contributed by atoms with Gasteiger partial charge >= 0.3 is 11.8 Å². The van der Waals surface area contributed by atoms with E-state index in [0.717, 1.165) is 25.2 Å². The highest BCUT2D eigenvalue weighted by molar-refractivity contribution is 6.35. The first-order valence-electron chi connectivity index (χ1n) is 9.04. The lowest BCUT2D eigenvalue weighted by Gasteiger charge is -2.34. The average Bonchev–Trinajstić information content (AvgIpc) is 2.69. The van der Waals surface area contributed by atoms with Crippen LogP contribution in [0, 0.1) is 0 Å². The van der Waals surface area contributed by atoms with E-state index in [1.165, 1.54) is 5.56 Å². The van der Waals surface area contributed by atoms with Crippen LogP contribution in [0.1, 0.15) is 24.1 Å². The van der Waals surface area contributed by atoms with Crippen LogP contribution < -0.4 is 5.32 Å². The second-order valence-corrected chi connectivity index (χ2v) is 6.66. The Morgan fingerprint density at radius 1 is 0.923 bits per heavy atom. The maximum Gasteiger partial charge on any atom is 0.311 e. The van der Waals surface area contributed by atoms with Crippen LogP contribution in [0.3, 0.4) is 0 Å². The van der Waals surface area contributed by atoms with Gasteiger partial charge in [0.15, 0.2) is 0 Å². The Morgan fingerprint density at radius 2 is 1.50 bits per heavy atom. The molecule has 1 N–H and O–H groups in total. The number of nitrogens with zero attached hydrogens (tertiary/aromatic N) is 2. The van der Waals surface area contributed by atoms with Crippen LogP contribution in [-0.4, -0.2) is 47.8 Å². The summed E-state index contributed by atoms with van der Waals surface area (Å²) in [7, 11) is 0. The Hall–Kier alpha value is -2.66. The summed E-state index contributed by atoms with van der Waals surface area (Å²) >= 11 is 0. The van der Waals surface area contributed by atoms with Crippen molar-refractivity contribution in [3.8, 4) is 0 Å². The fourth-order valence-corrected chi connectivity index (χ4v) is 3.18. The lowest BCUT2D eigenvalue weighted by molar-refractivity contribution is -0.147. The average molecular weight is 351 g/mol. The summed E-state index contributed by atoms with van der Waals surface area (Å²) in [5.41, 5.74) is 2.25. The van der Waals surface area contributed by atoms with Gasteiger partial charge in [0.2, 0.25) is 0 Å². The second-order valence-electron chi connectivity index (χ2n) is 6.66. The van der Waals surface area contributed by atoms with E-state index in [2.05, 4.69) is 22.3 Å². The number of hydrogen-bond donors (Lipinski definition) is 1. The number of carbonyl (C=O) groups is 2. The summed E-state index contributed by atoms with van der Waals surface area (Å²) < 4.78 is 0. The second kappa shape index (κ2) is 8.63. The van der Waals surface area contributed by atoms with Crippen molar-refractivity contribution in [2.24, 2.45) is 0 Å². The van der Waals surface area contributed by atoms with Gasteiger partial charge in [-0.15, -0.1) is 0 Å². The zero-order valence-corrected chi connectivity index (χ0v) is 15.1. The predicted molar refractivity (Wildman–Crippen MR) is 101 cm³/mol. The van der Waals surface area contributed by atoms with E-state index in [9.17, 15) is 9.59 Å². The zero-order chi connectivity index (χ0) is 18.4. The Morgan fingerprint density at radius 3 is 2.12 bits per heavy atom. The van der Waals surface area contributed by atoms with Crippen molar-refractivity contribution in [3.63, 3.8) is 0 Å². The number of hydrogen-bond acceptors (Lipinski definition) is 3. The normalized spacial score (nSPS) is 16.1. The minimum atomic E-state index is -0.530. The Bertz CT molecular complexity index is 725. The molecule has 2 amide bonds. The Labute approximate surface area is 154 Å². The van der Waals surface area contributed by atoms with Crippen LogP contribution in [0.2, 0.25) is 0 Å². The molecule has 1 aliphatic heterocycles. The largest absolute Gasteiger partial charge is 0.341 e. The molecular weight excluding hydrogens is 326 g/mol. The third-order valence-corrected chi connectivity index (χ3v) is 4.75. The van der Waals surface area contributed by atoms with E-state index < -0.39 is 11.8 Å². The first-order chi connectivity index (χ1) is 12.6. The predicted octanol–water partition coefficient (Wildman–Crippen LogP) is 2.21. The van der Waals surface area contributed by atoms with Crippen LogP contribution in [0.5, 0.6) is 0 Å². The Kier molecular flexibility index (Phi) is 6.02. The van der Waals surface area contributed by atoms with Crippen molar-refractivity contribution in [2.75, 3.05) is 26.2 Å². The highest BCUT2D eigenvalue weighted by Crippen LogP contribution is 2.12. The maximum atomic E-state index is 12.4. The van der Waals surface area contributed by atoms with E-state index in [-0.39, 0.29) is 6.04 Å². The molecule has 1 atom stereocenters. The topological polar surface area (TPSA) is 52.7 Å². The SMILES string of the molecule is CC(NC(=O)C(=O)N1CCN(Cc2ccccc2)CC1)c1ccccc1. The van der Waals surface area contributed by atoms with Gasteiger partial charge in [0.25, 0.3) is 0 Å². The molecule has 136 valence electrons. The van der Waals surface area contributed by atoms with Crippen LogP contribution >= 0.6 is 0 Å². The summed E-state index contributed by atoms with van der Waals surface area (Å²) in [6.07, 6.45) is 0. The van der Waals surface area contributed by atoms with E-state index in [1.54, 1.807) is 4.90 Å². The molecule has 0 aromatic heterocycles. The minimum Gasteiger partial charge on any atom is -0.341 e. The lowest BCUT2D eigenvalue weighted by Crippen LogP contribution is -2.52. The maximum absolute atomic E-state index is 12.4. The monoisotopic (exact) mass is 351 g/mol. The smallest absolute Gasteiger partial charge is 0.311 e. The van der Waals surface area contributed by atoms with Gasteiger partial charge in [0.05, 0.1) is 6.04 Å². The quantitative estimate of drug-likeness (QED) is 0.860. The van der Waals surface area contributed by atoms with Crippen LogP contribution in [-0.2, 0) is 16.1 Å². The van der Waals surface area contributed by atoms with Gasteiger partial charge in [-0.05, 0) is 18.1 Å². The number of carbonyl (C=O) groups excluding carboxylic acids is 2. The number of amides is 2. The van der Waals surface area contributed by atoms with Gasteiger partial charge in [0, 0.05) is 32.7 Å². The number of piperazine rings is 1. The molecule has 5 nitrogen and oxygen atoms in total. The molecule has 3 rings (SSSR count). The van der Waals surface area contributed by atoms with E-state index in [4.69, 9.17) is 0 Å². The number of benzene rings is 2. The van der Waals surface area contributed by atoms with Crippen LogP contribution in [0.15, 0.2) is 60.7 Å². The summed E-state index contributed by atoms with van der Waals surface area (Å²) in [5, 5.41) is 2.80. The fraction of sp³-hybridized carbons (Fsp3) is 0.333. The molecule has 0 aliphatic carbocycles. The van der Waals surface area contributed by atoms with E-state index >= 15 is 0 Å². The molecule has 0 spiro atoms. The van der Waals surface area contributed by atoms with Gasteiger partial charge in [-0.3, -0.25) is 14.5 Å². The molecule has 26 heavy (non-hydrogen) atoms. The van der Waals surface area contributed by atoms with Gasteiger partial charge in [-0.25, -0.2) is 0 Å². The standard InChI is InChI=1S/C21H25N3O2/c1-17(19-10-6-3-7-11-19)22-20(25)21(26)24-14-12-23(13-15-24)16-18-8-4-2-5-9-18/h2-11,17H,12-16H2,1H3,(H,22,25). The molecule has 0 radical (unpaired) electrons. The van der Waals surface area contributed by atoms with Crippen LogP contribution in [0.25, 0.3) is 0 Å². The zero-order valence-electron chi connectivity index (χ0n) is 15.1. The minimum absolute atomic E-state index is 0.188. The number of rotatable bonds is 4. The highest BCUT2D eigenvalue weighted by Gasteiger charge is 2.26. The Balaban J connectivity index is 1.47. The van der Waals surface area contributed by atoms with Crippen molar-refractivity contribution >= 4 is 11.8 Å². The van der Waals surface area contributed by atoms with Gasteiger partial charge < -0.3 is 10.2 Å². The van der Waals surface area contributed by atoms with Crippen molar-refractivity contribution in [3.05, 3.63) is 71.8 Å². The molecule has 1 saturated heterocycles. The fourth-order valence-electron chi connectivity index (χ4n) is 3.18. The van der Waals surface area contributed by atoms with E-state index in [0.29, 0.717) is 13.1 Å². The first kappa shape index (κ1) is 18.1. The number of nitrogens with one attached hydrogen (secondary N) is 1. The van der Waals surface area contributed by atoms with E-state index in [1.807, 2.05) is 55.5 Å². The molecule has 1 aliphatic rings. The molecule has 5 heteroatoms. The molecule has 2 aromatic carbocycles. The van der Waals surface area contributed by atoms with Crippen molar-refractivity contribution in [1.82, 2.24) is 15.1 Å². The molecule has 1 heterocycles. The molecule has 1 fully saturated rings. The molecule has 1 unspecified atom stereocenters. The third kappa shape index (κ3) is 4.70. The van der Waals surface area contributed by atoms with Gasteiger partial charge in [-0.1, -0.05) is 60.7 Å². The van der Waals surface area contributed by atoms with Gasteiger partial charge in [-0.2, -0.15) is 0 Å². The summed E-state index contributed by atoms with van der Waals surface area (Å²) in [4.78, 5) is 28.7. The molecule has 0 saturated carbocycles. The van der Waals surface area contributed by atoms with Crippen molar-refractivity contribution in [2.45, 2.75) is 19.5 Å².